The number of esters is 1. The van der Waals surface area contributed by atoms with Crippen LogP contribution in [0.5, 0.6) is 0 Å². The Morgan fingerprint density at radius 3 is 2.70 bits per heavy atom. The van der Waals surface area contributed by atoms with Crippen molar-refractivity contribution in [3.8, 4) is 0 Å². The second-order valence-corrected chi connectivity index (χ2v) is 5.10. The molecule has 20 heavy (non-hydrogen) atoms. The highest BCUT2D eigenvalue weighted by atomic mass is 16.5. The molecule has 0 atom stereocenters. The van der Waals surface area contributed by atoms with Crippen molar-refractivity contribution in [3.63, 3.8) is 0 Å². The molecule has 0 bridgehead atoms. The number of ether oxygens (including phenoxy) is 1. The van der Waals surface area contributed by atoms with E-state index >= 15 is 0 Å². The van der Waals surface area contributed by atoms with Crippen LogP contribution in [0.4, 0.5) is 5.69 Å². The molecule has 0 amide bonds. The van der Waals surface area contributed by atoms with E-state index in [1.54, 1.807) is 0 Å². The van der Waals surface area contributed by atoms with E-state index in [-0.39, 0.29) is 18.6 Å². The summed E-state index contributed by atoms with van der Waals surface area (Å²) < 4.78 is 4.80. The van der Waals surface area contributed by atoms with Crippen LogP contribution in [-0.4, -0.2) is 30.6 Å². The number of carbonyl (C=O) groups is 1. The van der Waals surface area contributed by atoms with Crippen molar-refractivity contribution in [1.82, 2.24) is 4.98 Å². The van der Waals surface area contributed by atoms with Gasteiger partial charge in [0.2, 0.25) is 0 Å². The minimum absolute atomic E-state index is 0.194. The fourth-order valence-electron chi connectivity index (χ4n) is 2.27. The van der Waals surface area contributed by atoms with Gasteiger partial charge in [0, 0.05) is 22.8 Å². The lowest BCUT2D eigenvalue weighted by Gasteiger charge is -2.29. The van der Waals surface area contributed by atoms with E-state index in [0.717, 1.165) is 22.3 Å². The molecule has 106 valence electrons. The first-order valence-corrected chi connectivity index (χ1v) is 6.72. The van der Waals surface area contributed by atoms with E-state index in [1.165, 1.54) is 7.11 Å². The average Bonchev–Trinajstić information content (AvgIpc) is 2.43. The van der Waals surface area contributed by atoms with E-state index in [4.69, 9.17) is 4.74 Å². The Morgan fingerprint density at radius 1 is 1.35 bits per heavy atom. The zero-order valence-electron chi connectivity index (χ0n) is 12.4. The third-order valence-electron chi connectivity index (χ3n) is 3.28. The van der Waals surface area contributed by atoms with Crippen LogP contribution in [0, 0.1) is 6.92 Å². The Hall–Kier alpha value is -2.10. The number of aromatic nitrogens is 1. The fourth-order valence-corrected chi connectivity index (χ4v) is 2.27. The van der Waals surface area contributed by atoms with E-state index in [0.29, 0.717) is 0 Å². The summed E-state index contributed by atoms with van der Waals surface area (Å²) in [5.41, 5.74) is 2.90. The number of pyridine rings is 1. The second kappa shape index (κ2) is 5.90. The van der Waals surface area contributed by atoms with Gasteiger partial charge in [0.1, 0.15) is 6.54 Å². The third-order valence-corrected chi connectivity index (χ3v) is 3.28. The molecular formula is C16H20N2O2. The Morgan fingerprint density at radius 2 is 2.05 bits per heavy atom. The first-order valence-electron chi connectivity index (χ1n) is 6.72. The van der Waals surface area contributed by atoms with Gasteiger partial charge in [-0.05, 0) is 32.9 Å². The molecule has 0 unspecified atom stereocenters. The summed E-state index contributed by atoms with van der Waals surface area (Å²) in [7, 11) is 1.41. The molecule has 0 aliphatic rings. The van der Waals surface area contributed by atoms with E-state index in [9.17, 15) is 4.79 Å². The number of carbonyl (C=O) groups excluding carboxylic acids is 1. The number of nitrogens with zero attached hydrogens (tertiary/aromatic N) is 2. The predicted molar refractivity (Wildman–Crippen MR) is 81.0 cm³/mol. The maximum absolute atomic E-state index is 11.6. The summed E-state index contributed by atoms with van der Waals surface area (Å²) in [5.74, 6) is -0.239. The van der Waals surface area contributed by atoms with Crippen LogP contribution in [0.15, 0.2) is 30.3 Å². The van der Waals surface area contributed by atoms with Crippen LogP contribution in [0.1, 0.15) is 19.5 Å². The summed E-state index contributed by atoms with van der Waals surface area (Å²) in [5, 5.41) is 1.05. The SMILES string of the molecule is COC(=O)CN(c1cc(C)nc2ccccc12)C(C)C. The Bertz CT molecular complexity index is 623. The molecule has 0 spiro atoms. The summed E-state index contributed by atoms with van der Waals surface area (Å²) in [6.07, 6.45) is 0. The average molecular weight is 272 g/mol. The van der Waals surface area contributed by atoms with Crippen LogP contribution in [0.2, 0.25) is 0 Å². The van der Waals surface area contributed by atoms with Crippen molar-refractivity contribution in [2.24, 2.45) is 0 Å². The fraction of sp³-hybridized carbons (Fsp3) is 0.375. The lowest BCUT2D eigenvalue weighted by molar-refractivity contribution is -0.139. The largest absolute Gasteiger partial charge is 0.468 e. The molecular weight excluding hydrogens is 252 g/mol. The van der Waals surface area contributed by atoms with Crippen LogP contribution in [0.25, 0.3) is 10.9 Å². The van der Waals surface area contributed by atoms with Gasteiger partial charge in [0.05, 0.1) is 12.6 Å². The zero-order chi connectivity index (χ0) is 14.7. The number of fused-ring (bicyclic) bond motifs is 1. The molecule has 4 heteroatoms. The molecule has 1 aromatic heterocycles. The predicted octanol–water partition coefficient (Wildman–Crippen LogP) is 2.93. The summed E-state index contributed by atoms with van der Waals surface area (Å²) in [6, 6.07) is 10.2. The van der Waals surface area contributed by atoms with Crippen molar-refractivity contribution in [3.05, 3.63) is 36.0 Å². The molecule has 1 heterocycles. The molecule has 0 saturated carbocycles. The van der Waals surface area contributed by atoms with Crippen LogP contribution < -0.4 is 4.90 Å². The molecule has 1 aromatic carbocycles. The van der Waals surface area contributed by atoms with Crippen molar-refractivity contribution in [2.45, 2.75) is 26.8 Å². The van der Waals surface area contributed by atoms with Crippen LogP contribution >= 0.6 is 0 Å². The van der Waals surface area contributed by atoms with E-state index in [1.807, 2.05) is 42.2 Å². The number of hydrogen-bond acceptors (Lipinski definition) is 4. The molecule has 2 aromatic rings. The van der Waals surface area contributed by atoms with Gasteiger partial charge in [-0.2, -0.15) is 0 Å². The van der Waals surface area contributed by atoms with E-state index < -0.39 is 0 Å². The minimum Gasteiger partial charge on any atom is -0.468 e. The van der Waals surface area contributed by atoms with Gasteiger partial charge in [-0.25, -0.2) is 0 Å². The molecule has 0 fully saturated rings. The Labute approximate surface area is 119 Å². The highest BCUT2D eigenvalue weighted by molar-refractivity contribution is 5.93. The van der Waals surface area contributed by atoms with Crippen molar-refractivity contribution in [2.75, 3.05) is 18.6 Å². The van der Waals surface area contributed by atoms with Crippen molar-refractivity contribution >= 4 is 22.6 Å². The summed E-state index contributed by atoms with van der Waals surface area (Å²) in [6.45, 7) is 6.33. The smallest absolute Gasteiger partial charge is 0.325 e. The summed E-state index contributed by atoms with van der Waals surface area (Å²) >= 11 is 0. The number of anilines is 1. The molecule has 2 rings (SSSR count). The first-order chi connectivity index (χ1) is 9.52. The third kappa shape index (κ3) is 2.90. The number of para-hydroxylation sites is 1. The van der Waals surface area contributed by atoms with E-state index in [2.05, 4.69) is 18.8 Å². The minimum atomic E-state index is -0.239. The number of methoxy groups -OCH3 is 1. The lowest BCUT2D eigenvalue weighted by Crippen LogP contribution is -2.36. The maximum Gasteiger partial charge on any atom is 0.325 e. The van der Waals surface area contributed by atoms with Crippen LogP contribution in [-0.2, 0) is 9.53 Å². The van der Waals surface area contributed by atoms with Crippen molar-refractivity contribution < 1.29 is 9.53 Å². The molecule has 0 saturated heterocycles. The van der Waals surface area contributed by atoms with Gasteiger partial charge in [0.15, 0.2) is 0 Å². The number of rotatable bonds is 4. The number of benzene rings is 1. The van der Waals surface area contributed by atoms with Gasteiger partial charge < -0.3 is 9.64 Å². The number of aryl methyl sites for hydroxylation is 1. The first kappa shape index (κ1) is 14.3. The molecule has 0 N–H and O–H groups in total. The number of hydrogen-bond donors (Lipinski definition) is 0. The molecule has 0 radical (unpaired) electrons. The van der Waals surface area contributed by atoms with Crippen LogP contribution in [0.3, 0.4) is 0 Å². The highest BCUT2D eigenvalue weighted by Crippen LogP contribution is 2.28. The zero-order valence-corrected chi connectivity index (χ0v) is 12.4. The molecule has 0 aliphatic carbocycles. The second-order valence-electron chi connectivity index (χ2n) is 5.10. The van der Waals surface area contributed by atoms with Gasteiger partial charge in [-0.15, -0.1) is 0 Å². The molecule has 4 nitrogen and oxygen atoms in total. The highest BCUT2D eigenvalue weighted by Gasteiger charge is 2.18. The lowest BCUT2D eigenvalue weighted by atomic mass is 10.1. The van der Waals surface area contributed by atoms with Gasteiger partial charge in [-0.1, -0.05) is 18.2 Å². The van der Waals surface area contributed by atoms with Crippen molar-refractivity contribution in [1.29, 1.82) is 0 Å². The Balaban J connectivity index is 2.55. The normalized spacial score (nSPS) is 10.8. The standard InChI is InChI=1S/C16H20N2O2/c1-11(2)18(10-16(19)20-4)15-9-12(3)17-14-8-6-5-7-13(14)15/h5-9,11H,10H2,1-4H3. The van der Waals surface area contributed by atoms with Gasteiger partial charge in [-0.3, -0.25) is 9.78 Å². The quantitative estimate of drug-likeness (QED) is 0.803. The monoisotopic (exact) mass is 272 g/mol. The van der Waals surface area contributed by atoms with Gasteiger partial charge >= 0.3 is 5.97 Å². The topological polar surface area (TPSA) is 42.4 Å². The molecule has 0 aliphatic heterocycles. The maximum atomic E-state index is 11.6. The summed E-state index contributed by atoms with van der Waals surface area (Å²) in [4.78, 5) is 18.2. The Kier molecular flexibility index (Phi) is 4.23. The van der Waals surface area contributed by atoms with Gasteiger partial charge in [0.25, 0.3) is 0 Å².